The average Bonchev–Trinajstić information content (AvgIpc) is 2.99. The van der Waals surface area contributed by atoms with Crippen molar-refractivity contribution < 1.29 is 0 Å². The molecule has 0 fully saturated rings. The van der Waals surface area contributed by atoms with Crippen molar-refractivity contribution in [2.45, 2.75) is 32.2 Å². The maximum Gasteiger partial charge on any atom is 0.133 e. The molecule has 2 aromatic rings. The van der Waals surface area contributed by atoms with E-state index in [1.165, 1.54) is 11.3 Å². The number of nitrogens with zero attached hydrogens (tertiary/aromatic N) is 3. The van der Waals surface area contributed by atoms with Crippen LogP contribution in [0.25, 0.3) is 0 Å². The molecular formula is C14H18N4. The van der Waals surface area contributed by atoms with Crippen LogP contribution in [-0.4, -0.2) is 21.3 Å². The molecule has 1 aliphatic heterocycles. The van der Waals surface area contributed by atoms with E-state index >= 15 is 0 Å². The molecule has 4 nitrogen and oxygen atoms in total. The molecule has 18 heavy (non-hydrogen) atoms. The Hall–Kier alpha value is -1.84. The molecule has 0 amide bonds. The largest absolute Gasteiger partial charge is 0.384 e. The SMILES string of the molecule is CCCn1cnnc1CC1CNc2ccccc21. The van der Waals surface area contributed by atoms with Gasteiger partial charge in [0.25, 0.3) is 0 Å². The lowest BCUT2D eigenvalue weighted by molar-refractivity contribution is 0.607. The van der Waals surface area contributed by atoms with Gasteiger partial charge in [-0.25, -0.2) is 0 Å². The zero-order valence-corrected chi connectivity index (χ0v) is 10.6. The summed E-state index contributed by atoms with van der Waals surface area (Å²) in [7, 11) is 0. The number of aromatic nitrogens is 3. The molecule has 1 atom stereocenters. The fourth-order valence-corrected chi connectivity index (χ4v) is 2.62. The summed E-state index contributed by atoms with van der Waals surface area (Å²) in [6.45, 7) is 4.18. The van der Waals surface area contributed by atoms with Gasteiger partial charge in [-0.3, -0.25) is 0 Å². The number of aryl methyl sites for hydroxylation is 1. The quantitative estimate of drug-likeness (QED) is 0.895. The van der Waals surface area contributed by atoms with Crippen LogP contribution in [0.4, 0.5) is 5.69 Å². The van der Waals surface area contributed by atoms with E-state index in [-0.39, 0.29) is 0 Å². The number of anilines is 1. The van der Waals surface area contributed by atoms with Crippen LogP contribution in [0.15, 0.2) is 30.6 Å². The van der Waals surface area contributed by atoms with Gasteiger partial charge in [0.05, 0.1) is 0 Å². The summed E-state index contributed by atoms with van der Waals surface area (Å²) in [6, 6.07) is 8.54. The van der Waals surface area contributed by atoms with Crippen LogP contribution < -0.4 is 5.32 Å². The molecule has 1 N–H and O–H groups in total. The zero-order valence-electron chi connectivity index (χ0n) is 10.6. The minimum absolute atomic E-state index is 0.515. The zero-order chi connectivity index (χ0) is 12.4. The highest BCUT2D eigenvalue weighted by Gasteiger charge is 2.23. The monoisotopic (exact) mass is 242 g/mol. The molecule has 94 valence electrons. The van der Waals surface area contributed by atoms with E-state index in [1.807, 2.05) is 6.33 Å². The molecule has 0 saturated heterocycles. The van der Waals surface area contributed by atoms with Gasteiger partial charge in [0.15, 0.2) is 0 Å². The summed E-state index contributed by atoms with van der Waals surface area (Å²) >= 11 is 0. The highest BCUT2D eigenvalue weighted by atomic mass is 15.3. The van der Waals surface area contributed by atoms with Gasteiger partial charge >= 0.3 is 0 Å². The minimum atomic E-state index is 0.515. The van der Waals surface area contributed by atoms with Crippen LogP contribution in [0.5, 0.6) is 0 Å². The van der Waals surface area contributed by atoms with Crippen LogP contribution in [0.1, 0.15) is 30.7 Å². The fourth-order valence-electron chi connectivity index (χ4n) is 2.62. The van der Waals surface area contributed by atoms with Crippen LogP contribution in [0.2, 0.25) is 0 Å². The van der Waals surface area contributed by atoms with Gasteiger partial charge in [0.2, 0.25) is 0 Å². The standard InChI is InChI=1S/C14H18N4/c1-2-7-18-10-16-17-14(18)8-11-9-15-13-6-4-3-5-12(11)13/h3-6,10-11,15H,2,7-9H2,1H3. The van der Waals surface area contributed by atoms with Crippen molar-refractivity contribution in [3.8, 4) is 0 Å². The molecule has 0 spiro atoms. The van der Waals surface area contributed by atoms with Gasteiger partial charge in [0.1, 0.15) is 12.2 Å². The van der Waals surface area contributed by atoms with E-state index in [2.05, 4.69) is 51.3 Å². The van der Waals surface area contributed by atoms with Gasteiger partial charge in [-0.15, -0.1) is 10.2 Å². The first-order chi connectivity index (χ1) is 8.88. The van der Waals surface area contributed by atoms with Crippen LogP contribution >= 0.6 is 0 Å². The van der Waals surface area contributed by atoms with Gasteiger partial charge in [-0.2, -0.15) is 0 Å². The maximum absolute atomic E-state index is 4.26. The molecule has 2 heterocycles. The number of rotatable bonds is 4. The van der Waals surface area contributed by atoms with Crippen LogP contribution in [0, 0.1) is 0 Å². The molecule has 1 aromatic heterocycles. The first-order valence-corrected chi connectivity index (χ1v) is 6.58. The Bertz CT molecular complexity index is 532. The van der Waals surface area contributed by atoms with Crippen LogP contribution in [0.3, 0.4) is 0 Å². The number of para-hydroxylation sites is 1. The molecule has 1 aromatic carbocycles. The number of hydrogen-bond acceptors (Lipinski definition) is 3. The topological polar surface area (TPSA) is 42.7 Å². The van der Waals surface area contributed by atoms with Crippen molar-refractivity contribution in [1.29, 1.82) is 0 Å². The summed E-state index contributed by atoms with van der Waals surface area (Å²) in [5.74, 6) is 1.61. The number of nitrogens with one attached hydrogen (secondary N) is 1. The Labute approximate surface area is 107 Å². The van der Waals surface area contributed by atoms with Crippen molar-refractivity contribution in [2.75, 3.05) is 11.9 Å². The molecule has 4 heteroatoms. The second kappa shape index (κ2) is 4.80. The van der Waals surface area contributed by atoms with Crippen molar-refractivity contribution in [3.63, 3.8) is 0 Å². The Balaban J connectivity index is 1.80. The van der Waals surface area contributed by atoms with Crippen molar-refractivity contribution in [3.05, 3.63) is 42.0 Å². The summed E-state index contributed by atoms with van der Waals surface area (Å²) < 4.78 is 2.17. The van der Waals surface area contributed by atoms with Crippen molar-refractivity contribution in [2.24, 2.45) is 0 Å². The van der Waals surface area contributed by atoms with E-state index in [9.17, 15) is 0 Å². The minimum Gasteiger partial charge on any atom is -0.384 e. The summed E-state index contributed by atoms with van der Waals surface area (Å²) in [5, 5.41) is 11.7. The average molecular weight is 242 g/mol. The molecule has 3 rings (SSSR count). The highest BCUT2D eigenvalue weighted by molar-refractivity contribution is 5.57. The van der Waals surface area contributed by atoms with E-state index in [0.717, 1.165) is 31.8 Å². The summed E-state index contributed by atoms with van der Waals surface area (Å²) in [6.07, 6.45) is 3.92. The molecular weight excluding hydrogens is 224 g/mol. The maximum atomic E-state index is 4.26. The Kier molecular flexibility index (Phi) is 3.00. The van der Waals surface area contributed by atoms with E-state index < -0.39 is 0 Å². The fraction of sp³-hybridized carbons (Fsp3) is 0.429. The molecule has 0 radical (unpaired) electrons. The molecule has 1 unspecified atom stereocenters. The third-order valence-corrected chi connectivity index (χ3v) is 3.53. The van der Waals surface area contributed by atoms with Crippen LogP contribution in [-0.2, 0) is 13.0 Å². The molecule has 0 aliphatic carbocycles. The third-order valence-electron chi connectivity index (χ3n) is 3.53. The Morgan fingerprint density at radius 2 is 2.28 bits per heavy atom. The predicted octanol–water partition coefficient (Wildman–Crippen LogP) is 2.44. The second-order valence-corrected chi connectivity index (χ2v) is 4.81. The Morgan fingerprint density at radius 3 is 3.17 bits per heavy atom. The highest BCUT2D eigenvalue weighted by Crippen LogP contribution is 2.32. The van der Waals surface area contributed by atoms with Gasteiger partial charge in [0, 0.05) is 31.1 Å². The van der Waals surface area contributed by atoms with E-state index in [0.29, 0.717) is 5.92 Å². The first kappa shape index (κ1) is 11.3. The smallest absolute Gasteiger partial charge is 0.133 e. The van der Waals surface area contributed by atoms with Gasteiger partial charge < -0.3 is 9.88 Å². The summed E-state index contributed by atoms with van der Waals surface area (Å²) in [5.41, 5.74) is 2.67. The lowest BCUT2D eigenvalue weighted by Gasteiger charge is -2.10. The second-order valence-electron chi connectivity index (χ2n) is 4.81. The first-order valence-electron chi connectivity index (χ1n) is 6.58. The van der Waals surface area contributed by atoms with E-state index in [1.54, 1.807) is 0 Å². The normalized spacial score (nSPS) is 17.5. The summed E-state index contributed by atoms with van der Waals surface area (Å²) in [4.78, 5) is 0. The molecule has 1 aliphatic rings. The van der Waals surface area contributed by atoms with Crippen molar-refractivity contribution in [1.82, 2.24) is 14.8 Å². The third kappa shape index (κ3) is 1.98. The lowest BCUT2D eigenvalue weighted by Crippen LogP contribution is -2.10. The predicted molar refractivity (Wildman–Crippen MR) is 71.7 cm³/mol. The van der Waals surface area contributed by atoms with Gasteiger partial charge in [-0.1, -0.05) is 25.1 Å². The van der Waals surface area contributed by atoms with Gasteiger partial charge in [-0.05, 0) is 18.1 Å². The number of fused-ring (bicyclic) bond motifs is 1. The van der Waals surface area contributed by atoms with Crippen molar-refractivity contribution >= 4 is 5.69 Å². The molecule has 0 bridgehead atoms. The lowest BCUT2D eigenvalue weighted by atomic mass is 9.97. The van der Waals surface area contributed by atoms with E-state index in [4.69, 9.17) is 0 Å². The molecule has 0 saturated carbocycles. The number of hydrogen-bond donors (Lipinski definition) is 1. The Morgan fingerprint density at radius 1 is 1.39 bits per heavy atom. The number of benzene rings is 1.